The monoisotopic (exact) mass is 574 g/mol. The summed E-state index contributed by atoms with van der Waals surface area (Å²) in [4.78, 5) is 39.4. The topological polar surface area (TPSA) is 93.7 Å². The molecule has 4 rings (SSSR count). The van der Waals surface area contributed by atoms with Gasteiger partial charge >= 0.3 is 5.97 Å². The van der Waals surface area contributed by atoms with Crippen LogP contribution < -0.4 is 15.4 Å². The molecule has 38 heavy (non-hydrogen) atoms. The summed E-state index contributed by atoms with van der Waals surface area (Å²) < 4.78 is 11.0. The Bertz CT molecular complexity index is 1360. The summed E-state index contributed by atoms with van der Waals surface area (Å²) in [5.74, 6) is -0.230. The highest BCUT2D eigenvalue weighted by atomic mass is 35.5. The van der Waals surface area contributed by atoms with E-state index in [2.05, 4.69) is 17.6 Å². The summed E-state index contributed by atoms with van der Waals surface area (Å²) in [5.41, 5.74) is 2.22. The molecule has 7 nitrogen and oxygen atoms in total. The molecule has 0 saturated heterocycles. The molecule has 0 saturated carbocycles. The maximum atomic E-state index is 13.0. The highest BCUT2D eigenvalue weighted by molar-refractivity contribution is 7.17. The van der Waals surface area contributed by atoms with E-state index in [-0.39, 0.29) is 12.5 Å². The Morgan fingerprint density at radius 2 is 1.84 bits per heavy atom. The van der Waals surface area contributed by atoms with Crippen LogP contribution in [0.15, 0.2) is 42.5 Å². The Labute approximate surface area is 235 Å². The number of hydrogen-bond acceptors (Lipinski definition) is 6. The first kappa shape index (κ1) is 28.0. The standard InChI is InChI=1S/C28H28Cl2N2O5S/c1-4-36-28(35)24-20-11-5-15(2)13-23(20)38-27(24)32-26(34)17-6-9-19(10-7-17)37-16(3)25(33)31-22-14-18(29)8-12-21(22)30/h6-10,12,14-16H,4-5,11,13H2,1-3H3,(H,31,33)(H,32,34). The van der Waals surface area contributed by atoms with E-state index >= 15 is 0 Å². The average Bonchev–Trinajstić information content (AvgIpc) is 3.23. The molecule has 200 valence electrons. The van der Waals surface area contributed by atoms with Crippen LogP contribution in [0.1, 0.15) is 58.3 Å². The lowest BCUT2D eigenvalue weighted by Gasteiger charge is -2.18. The van der Waals surface area contributed by atoms with E-state index < -0.39 is 18.0 Å². The zero-order valence-electron chi connectivity index (χ0n) is 21.2. The molecule has 0 radical (unpaired) electrons. The number of nitrogens with one attached hydrogen (secondary N) is 2. The van der Waals surface area contributed by atoms with Gasteiger partial charge in [-0.15, -0.1) is 11.3 Å². The smallest absolute Gasteiger partial charge is 0.341 e. The molecule has 2 amide bonds. The lowest BCUT2D eigenvalue weighted by atomic mass is 9.88. The van der Waals surface area contributed by atoms with Crippen molar-refractivity contribution in [3.05, 3.63) is 74.1 Å². The number of fused-ring (bicyclic) bond motifs is 1. The van der Waals surface area contributed by atoms with Crippen molar-refractivity contribution in [3.8, 4) is 5.75 Å². The lowest BCUT2D eigenvalue weighted by molar-refractivity contribution is -0.122. The number of ether oxygens (including phenoxy) is 2. The highest BCUT2D eigenvalue weighted by Crippen LogP contribution is 2.40. The van der Waals surface area contributed by atoms with E-state index in [0.29, 0.717) is 43.5 Å². The van der Waals surface area contributed by atoms with Gasteiger partial charge in [-0.3, -0.25) is 9.59 Å². The molecule has 0 spiro atoms. The Morgan fingerprint density at radius 3 is 2.55 bits per heavy atom. The third-order valence-electron chi connectivity index (χ3n) is 6.20. The van der Waals surface area contributed by atoms with Crippen molar-refractivity contribution in [1.82, 2.24) is 0 Å². The molecular weight excluding hydrogens is 547 g/mol. The van der Waals surface area contributed by atoms with Gasteiger partial charge in [0.05, 0.1) is 22.9 Å². The van der Waals surface area contributed by atoms with Gasteiger partial charge in [-0.25, -0.2) is 4.79 Å². The Balaban J connectivity index is 1.43. The van der Waals surface area contributed by atoms with Gasteiger partial charge in [0.2, 0.25) is 0 Å². The molecule has 2 N–H and O–H groups in total. The number of benzene rings is 2. The number of rotatable bonds is 8. The first-order chi connectivity index (χ1) is 18.2. The fourth-order valence-electron chi connectivity index (χ4n) is 4.20. The molecular formula is C28H28Cl2N2O5S. The quantitative estimate of drug-likeness (QED) is 0.282. The van der Waals surface area contributed by atoms with Gasteiger partial charge in [0, 0.05) is 15.5 Å². The summed E-state index contributed by atoms with van der Waals surface area (Å²) in [6.45, 7) is 5.81. The van der Waals surface area contributed by atoms with Crippen LogP contribution in [-0.2, 0) is 22.4 Å². The molecule has 2 atom stereocenters. The third-order valence-corrected chi connectivity index (χ3v) is 7.94. The van der Waals surface area contributed by atoms with Crippen LogP contribution in [0.5, 0.6) is 5.75 Å². The Morgan fingerprint density at radius 1 is 1.11 bits per heavy atom. The average molecular weight is 576 g/mol. The van der Waals surface area contributed by atoms with Crippen molar-refractivity contribution in [2.45, 2.75) is 46.1 Å². The minimum absolute atomic E-state index is 0.261. The van der Waals surface area contributed by atoms with E-state index in [4.69, 9.17) is 32.7 Å². The number of esters is 1. The van der Waals surface area contributed by atoms with Gasteiger partial charge < -0.3 is 20.1 Å². The maximum absolute atomic E-state index is 13.0. The van der Waals surface area contributed by atoms with E-state index in [1.807, 2.05) is 0 Å². The van der Waals surface area contributed by atoms with Crippen LogP contribution in [-0.4, -0.2) is 30.5 Å². The molecule has 2 unspecified atom stereocenters. The van der Waals surface area contributed by atoms with E-state index in [1.54, 1.807) is 56.3 Å². The SMILES string of the molecule is CCOC(=O)c1c(NC(=O)c2ccc(OC(C)C(=O)Nc3cc(Cl)ccc3Cl)cc2)sc2c1CCC(C)C2. The maximum Gasteiger partial charge on any atom is 0.341 e. The Hall–Kier alpha value is -3.07. The number of halogens is 2. The summed E-state index contributed by atoms with van der Waals surface area (Å²) in [6, 6.07) is 11.2. The van der Waals surface area contributed by atoms with Crippen LogP contribution in [0.4, 0.5) is 10.7 Å². The Kier molecular flexibility index (Phi) is 8.97. The number of amides is 2. The first-order valence-electron chi connectivity index (χ1n) is 12.3. The molecule has 1 aliphatic rings. The fourth-order valence-corrected chi connectivity index (χ4v) is 5.93. The molecule has 0 aliphatic heterocycles. The first-order valence-corrected chi connectivity index (χ1v) is 13.9. The molecule has 10 heteroatoms. The van der Waals surface area contributed by atoms with E-state index in [1.165, 1.54) is 11.3 Å². The van der Waals surface area contributed by atoms with Crippen molar-refractivity contribution in [2.24, 2.45) is 5.92 Å². The summed E-state index contributed by atoms with van der Waals surface area (Å²) in [5, 5.41) is 6.91. The summed E-state index contributed by atoms with van der Waals surface area (Å²) in [6.07, 6.45) is 1.83. The zero-order chi connectivity index (χ0) is 27.4. The molecule has 1 aliphatic carbocycles. The van der Waals surface area contributed by atoms with Gasteiger partial charge in [0.25, 0.3) is 11.8 Å². The van der Waals surface area contributed by atoms with Crippen molar-refractivity contribution in [3.63, 3.8) is 0 Å². The second-order valence-corrected chi connectivity index (χ2v) is 11.1. The highest BCUT2D eigenvalue weighted by Gasteiger charge is 2.29. The van der Waals surface area contributed by atoms with Crippen molar-refractivity contribution >= 4 is 63.0 Å². The lowest BCUT2D eigenvalue weighted by Crippen LogP contribution is -2.30. The largest absolute Gasteiger partial charge is 0.481 e. The predicted molar refractivity (Wildman–Crippen MR) is 151 cm³/mol. The number of carbonyl (C=O) groups is 3. The summed E-state index contributed by atoms with van der Waals surface area (Å²) in [7, 11) is 0. The van der Waals surface area contributed by atoms with Crippen LogP contribution in [0.25, 0.3) is 0 Å². The normalized spacial score (nSPS) is 15.2. The van der Waals surface area contributed by atoms with Gasteiger partial charge in [0.1, 0.15) is 10.8 Å². The molecule has 0 fully saturated rings. The van der Waals surface area contributed by atoms with Crippen LogP contribution >= 0.6 is 34.5 Å². The molecule has 2 aromatic carbocycles. The third kappa shape index (κ3) is 6.49. The minimum Gasteiger partial charge on any atom is -0.481 e. The molecule has 3 aromatic rings. The van der Waals surface area contributed by atoms with Crippen molar-refractivity contribution in [2.75, 3.05) is 17.2 Å². The fraction of sp³-hybridized carbons (Fsp3) is 0.321. The van der Waals surface area contributed by atoms with Crippen LogP contribution in [0.3, 0.4) is 0 Å². The van der Waals surface area contributed by atoms with Gasteiger partial charge in [-0.05, 0) is 87.1 Å². The number of hydrogen-bond donors (Lipinski definition) is 2. The van der Waals surface area contributed by atoms with Gasteiger partial charge in [-0.2, -0.15) is 0 Å². The number of thiophene rings is 1. The van der Waals surface area contributed by atoms with Crippen LogP contribution in [0, 0.1) is 5.92 Å². The van der Waals surface area contributed by atoms with Crippen molar-refractivity contribution < 1.29 is 23.9 Å². The van der Waals surface area contributed by atoms with E-state index in [9.17, 15) is 14.4 Å². The second-order valence-electron chi connectivity index (χ2n) is 9.13. The van der Waals surface area contributed by atoms with Gasteiger partial charge in [0.15, 0.2) is 6.10 Å². The molecule has 1 heterocycles. The number of anilines is 2. The number of carbonyl (C=O) groups excluding carboxylic acids is 3. The van der Waals surface area contributed by atoms with Crippen molar-refractivity contribution in [1.29, 1.82) is 0 Å². The predicted octanol–water partition coefficient (Wildman–Crippen LogP) is 7.01. The zero-order valence-corrected chi connectivity index (χ0v) is 23.6. The molecule has 1 aromatic heterocycles. The summed E-state index contributed by atoms with van der Waals surface area (Å²) >= 11 is 13.5. The van der Waals surface area contributed by atoms with Crippen LogP contribution in [0.2, 0.25) is 10.0 Å². The van der Waals surface area contributed by atoms with Gasteiger partial charge in [-0.1, -0.05) is 30.1 Å². The second kappa shape index (κ2) is 12.2. The van der Waals surface area contributed by atoms with E-state index in [0.717, 1.165) is 29.7 Å². The minimum atomic E-state index is -0.836. The molecule has 0 bridgehead atoms.